The number of ether oxygens (including phenoxy) is 8. The first-order valence-corrected chi connectivity index (χ1v) is 45.9. The van der Waals surface area contributed by atoms with E-state index >= 15 is 0 Å². The molecule has 0 aliphatic carbocycles. The summed E-state index contributed by atoms with van der Waals surface area (Å²) in [5, 5.41) is 44.2. The van der Waals surface area contributed by atoms with Crippen molar-refractivity contribution < 1.29 is 121 Å². The molecule has 4 aliphatic heterocycles. The monoisotopic (exact) mass is 1750 g/mol. The van der Waals surface area contributed by atoms with Crippen molar-refractivity contribution in [1.29, 1.82) is 0 Å². The molecule has 24 atom stereocenters. The van der Waals surface area contributed by atoms with Crippen molar-refractivity contribution >= 4 is 119 Å². The lowest BCUT2D eigenvalue weighted by molar-refractivity contribution is -0.161. The molecule has 688 valence electrons. The van der Waals surface area contributed by atoms with E-state index in [0.717, 1.165) is 23.7 Å². The van der Waals surface area contributed by atoms with E-state index in [9.17, 15) is 67.7 Å². The fraction of sp³-hybridized carbons (Fsp3) is 0.862. The summed E-state index contributed by atoms with van der Waals surface area (Å²) in [6.45, 7) is 57.0. The van der Waals surface area contributed by atoms with E-state index in [0.29, 0.717) is 48.0 Å². The Morgan fingerprint density at radius 3 is 1.00 bits per heavy atom. The third-order valence-electron chi connectivity index (χ3n) is 20.3. The number of aldehydes is 1. The number of carbonyl (C=O) groups excluding carboxylic acids is 9. The number of rotatable bonds is 29. The van der Waals surface area contributed by atoms with Gasteiger partial charge in [0.2, 0.25) is 0 Å². The van der Waals surface area contributed by atoms with Crippen LogP contribution in [0, 0.1) is 101 Å². The first-order chi connectivity index (χ1) is 53.4. The van der Waals surface area contributed by atoms with Gasteiger partial charge in [-0.2, -0.15) is 0 Å². The second-order valence-corrected chi connectivity index (χ2v) is 39.5. The van der Waals surface area contributed by atoms with Gasteiger partial charge >= 0.3 is 65.7 Å². The van der Waals surface area contributed by atoms with Crippen molar-refractivity contribution in [2.75, 3.05) is 23.0 Å². The Labute approximate surface area is 721 Å². The average molecular weight is 1750 g/mol. The molecule has 26 nitrogen and oxygen atoms in total. The van der Waals surface area contributed by atoms with Gasteiger partial charge in [0.15, 0.2) is 0 Å². The van der Waals surface area contributed by atoms with Crippen LogP contribution >= 0.6 is 47.0 Å². The van der Waals surface area contributed by atoms with Crippen LogP contribution in [0.15, 0.2) is 0 Å². The van der Waals surface area contributed by atoms with Gasteiger partial charge < -0.3 is 74.0 Å². The maximum Gasteiger partial charge on any atom is 0.327 e. The first-order valence-electron chi connectivity index (χ1n) is 41.7. The fourth-order valence-corrected chi connectivity index (χ4v) is 16.7. The molecule has 0 aromatic carbocycles. The zero-order chi connectivity index (χ0) is 91.1. The molecule has 30 heteroatoms. The largest absolute Gasteiger partial charge is 0.481 e. The van der Waals surface area contributed by atoms with Crippen LogP contribution in [-0.4, -0.2) is 197 Å². The Morgan fingerprint density at radius 2 is 0.709 bits per heavy atom. The maximum absolute atomic E-state index is 11.9. The van der Waals surface area contributed by atoms with Crippen LogP contribution in [-0.2, 0) is 95.4 Å². The summed E-state index contributed by atoms with van der Waals surface area (Å²) in [5.41, 5.74) is 5.58. The zero-order valence-electron chi connectivity index (χ0n) is 76.2. The molecular weight excluding hydrogens is 1590 g/mol. The molecule has 0 unspecified atom stereocenters. The van der Waals surface area contributed by atoms with Gasteiger partial charge in [-0.15, -0.1) is 47.0 Å². The number of cyclic esters (lactones) is 4. The number of hydrogen-bond acceptors (Lipinski definition) is 27. The molecule has 0 spiro atoms. The summed E-state index contributed by atoms with van der Waals surface area (Å²) >= 11 is 8.26. The maximum atomic E-state index is 11.9. The topological polar surface area (TPSA) is 406 Å². The molecule has 4 fully saturated rings. The molecule has 4 aliphatic rings. The van der Waals surface area contributed by atoms with Gasteiger partial charge in [0.05, 0.1) is 117 Å². The number of esters is 8. The normalized spacial score (nSPS) is 23.9. The Bertz CT molecular complexity index is 2710. The van der Waals surface area contributed by atoms with Gasteiger partial charge in [-0.1, -0.05) is 139 Å². The Balaban J connectivity index is -0.000000411. The number of aliphatic hydroxyl groups excluding tert-OH is 2. The molecule has 0 aromatic heterocycles. The highest BCUT2D eigenvalue weighted by Crippen LogP contribution is 2.39. The molecule has 0 aromatic rings. The van der Waals surface area contributed by atoms with E-state index in [1.807, 2.05) is 90.0 Å². The summed E-state index contributed by atoms with van der Waals surface area (Å²) in [4.78, 5) is 134. The molecule has 4 saturated heterocycles. The molecule has 0 bridgehead atoms. The van der Waals surface area contributed by atoms with E-state index in [4.69, 9.17) is 58.9 Å². The molecular formula is C87H161NO25S4. The van der Waals surface area contributed by atoms with Crippen molar-refractivity contribution in [3.63, 3.8) is 0 Å². The van der Waals surface area contributed by atoms with Gasteiger partial charge in [-0.25, -0.2) is 0 Å². The fourth-order valence-electron chi connectivity index (χ4n) is 10.5. The highest BCUT2D eigenvalue weighted by molar-refractivity contribution is 8.18. The molecule has 0 amide bonds. The van der Waals surface area contributed by atoms with E-state index in [1.165, 1.54) is 42.8 Å². The van der Waals surface area contributed by atoms with E-state index < -0.39 is 84.0 Å². The second kappa shape index (κ2) is 64.9. The minimum atomic E-state index is -0.911. The Morgan fingerprint density at radius 1 is 0.410 bits per heavy atom. The Kier molecular flexibility index (Phi) is 66.9. The number of nitrogens with two attached hydrogens (primary N) is 1. The lowest BCUT2D eigenvalue weighted by Gasteiger charge is -2.29. The van der Waals surface area contributed by atoms with Crippen LogP contribution in [0.5, 0.6) is 0 Å². The predicted molar refractivity (Wildman–Crippen MR) is 469 cm³/mol. The van der Waals surface area contributed by atoms with Gasteiger partial charge in [-0.05, 0) is 199 Å². The molecule has 4 rings (SSSR count). The lowest BCUT2D eigenvalue weighted by Crippen LogP contribution is -2.43. The number of aliphatic hydroxyl groups is 2. The first kappa shape index (κ1) is 121. The summed E-state index contributed by atoms with van der Waals surface area (Å²) in [6.07, 6.45) is 4.24. The van der Waals surface area contributed by atoms with Gasteiger partial charge in [0.25, 0.3) is 0 Å². The van der Waals surface area contributed by atoms with E-state index in [-0.39, 0.29) is 145 Å². The van der Waals surface area contributed by atoms with Crippen LogP contribution in [0.4, 0.5) is 0 Å². The minimum absolute atomic E-state index is 0. The second-order valence-electron chi connectivity index (χ2n) is 33.9. The standard InChI is InChI=1S/C15H28O2S2.C12H22O4.C12H22O3.C11H20O5.C11H18O4.C10H17NO4.C9H18OS2.C6H12O2.CH4/c1-10(2)13(5)14(16)17-12(4)9-11(3)15-18-7-6-8-19-15;1-7(2)10(5)12(15)16-9(4)6-8(3)11(13)14;1-8(2)11(5)12(14)15-10(4)6-9(3)7-13;1-6(10(13)14)5-7(2)16-11(15)8(3)9(4)12;1-6-5-7(2)14-11(13)8(3)9(4)15-10(6)12;1-5-4-6(2)14-10(13)8(11)7(3)15-9(5)12;1-7(6-8(2)10)9-11-4-3-5-12-9;1-4(2)5(3)6(7)8;/h10-13,15H,6-9H2,1-5H3;7-10H,6H2,1-5H3,(H,13,14);7-11H,6H2,1-5H3;6-9,12H,5H2,1-4H3,(H,13,14);6-9H,5H2,1-4H3;5-8H,4,11H2,1-3H3;7-10H,3-6H2,1-2H3;4-5H,1-3H3,(H,7,8);1H4/t11-,12+,13+;8-,9+,10+;9-,10+,11+;6-,7+,8+,9-;6-,7+,8-,9-;5-,6+,7-,8-;7-,8+;5-;/m11111110./s1. The smallest absolute Gasteiger partial charge is 0.327 e. The van der Waals surface area contributed by atoms with Crippen molar-refractivity contribution in [1.82, 2.24) is 0 Å². The van der Waals surface area contributed by atoms with Crippen molar-refractivity contribution in [2.45, 2.75) is 356 Å². The number of carbonyl (C=O) groups is 12. The lowest BCUT2D eigenvalue weighted by atomic mass is 9.98. The molecule has 117 heavy (non-hydrogen) atoms. The summed E-state index contributed by atoms with van der Waals surface area (Å²) in [6, 6.07) is -0.901. The summed E-state index contributed by atoms with van der Waals surface area (Å²) in [5.74, 6) is -0.337. The van der Waals surface area contributed by atoms with Gasteiger partial charge in [-0.3, -0.25) is 52.7 Å². The van der Waals surface area contributed by atoms with Crippen LogP contribution in [0.2, 0.25) is 0 Å². The van der Waals surface area contributed by atoms with Crippen LogP contribution < -0.4 is 5.73 Å². The van der Waals surface area contributed by atoms with E-state index in [2.05, 4.69) is 74.7 Å². The minimum Gasteiger partial charge on any atom is -0.481 e. The van der Waals surface area contributed by atoms with Gasteiger partial charge in [0.1, 0.15) is 24.5 Å². The predicted octanol–water partition coefficient (Wildman–Crippen LogP) is 16.6. The number of thioether (sulfide) groups is 4. The number of hydrogen-bond donors (Lipinski definition) is 6. The van der Waals surface area contributed by atoms with Crippen LogP contribution in [0.1, 0.15) is 280 Å². The molecule has 0 radical (unpaired) electrons. The molecule has 4 heterocycles. The SMILES string of the molecule is C.CC(C)[C@H](C)C(=O)O.CC(C)[C@H](C)C(=O)O[C@@H](C)C[C@@H](C)C(=O)O.CC(C)[C@H](C)C(=O)O[C@@H](C)C[C@@H](C)C1SCCCS1.CC(C)[C@H](C)C(=O)O[C@@H](C)C[C@@H](C)C=O.C[C@@H]1C[C@H](C)OC(=O)[C@H](C)[C@@H](C)OC1=O.C[C@@H]1C[C@H](C)OC(=O)[C@H](N)[C@@H](C)OC1=O.C[C@H](C[C@H](C)OC(=O)[C@@H](C)[C@@H](C)O)C(=O)O.C[C@H](O)C[C@@H](C)C1SCCCS1. The zero-order valence-corrected chi connectivity index (χ0v) is 79.5. The van der Waals surface area contributed by atoms with Crippen molar-refractivity contribution in [3.05, 3.63) is 0 Å². The Hall–Kier alpha value is -4.88. The molecule has 7 N–H and O–H groups in total. The number of carboxylic acid groups (broad SMARTS) is 3. The third-order valence-corrected chi connectivity index (χ3v) is 27.2. The van der Waals surface area contributed by atoms with Gasteiger partial charge in [0, 0.05) is 5.92 Å². The highest BCUT2D eigenvalue weighted by atomic mass is 32.2. The van der Waals surface area contributed by atoms with Crippen LogP contribution in [0.3, 0.4) is 0 Å². The number of aliphatic carboxylic acids is 3. The highest BCUT2D eigenvalue weighted by Gasteiger charge is 2.35. The summed E-state index contributed by atoms with van der Waals surface area (Å²) < 4.78 is 43.0. The van der Waals surface area contributed by atoms with Crippen LogP contribution in [0.25, 0.3) is 0 Å². The summed E-state index contributed by atoms with van der Waals surface area (Å²) in [7, 11) is 0. The quantitative estimate of drug-likeness (QED) is 0.0230. The average Bonchev–Trinajstić information content (AvgIpc) is 1.80. The van der Waals surface area contributed by atoms with Crippen molar-refractivity contribution in [3.8, 4) is 0 Å². The van der Waals surface area contributed by atoms with E-state index in [1.54, 1.807) is 90.0 Å². The molecule has 0 saturated carbocycles. The number of carboxylic acids is 3. The third kappa shape index (κ3) is 56.4. The van der Waals surface area contributed by atoms with Crippen molar-refractivity contribution in [2.24, 2.45) is 106 Å².